The third-order valence-electron chi connectivity index (χ3n) is 4.45. The predicted octanol–water partition coefficient (Wildman–Crippen LogP) is 4.36. The molecule has 0 N–H and O–H groups in total. The molecule has 18 heavy (non-hydrogen) atoms. The van der Waals surface area contributed by atoms with E-state index in [0.717, 1.165) is 18.9 Å². The maximum absolute atomic E-state index is 6.01. The minimum atomic E-state index is -1.34. The van der Waals surface area contributed by atoms with Crippen molar-refractivity contribution in [1.82, 2.24) is 0 Å². The number of rotatable bonds is 8. The van der Waals surface area contributed by atoms with Gasteiger partial charge in [-0.1, -0.05) is 26.2 Å². The van der Waals surface area contributed by atoms with Crippen LogP contribution in [0.15, 0.2) is 0 Å². The standard InChI is InChI=1S/C15H30O2Si/c1-4-10-16-18(2,3)11-6-5-7-13-8-9-14-15(12-13)17-14/h13-15H,4-12H2,1-3H3. The van der Waals surface area contributed by atoms with Crippen LogP contribution in [0.25, 0.3) is 0 Å². The first-order valence-electron chi connectivity index (χ1n) is 7.90. The lowest BCUT2D eigenvalue weighted by molar-refractivity contribution is 0.303. The number of unbranched alkanes of at least 4 members (excludes halogenated alkanes) is 1. The molecular formula is C15H30O2Si. The minimum absolute atomic E-state index is 0.655. The van der Waals surface area contributed by atoms with Crippen molar-refractivity contribution < 1.29 is 9.16 Å². The first-order valence-corrected chi connectivity index (χ1v) is 11.0. The zero-order chi connectivity index (χ0) is 13.0. The van der Waals surface area contributed by atoms with E-state index in [1.54, 1.807) is 0 Å². The molecule has 2 rings (SSSR count). The van der Waals surface area contributed by atoms with E-state index in [2.05, 4.69) is 20.0 Å². The zero-order valence-electron chi connectivity index (χ0n) is 12.4. The lowest BCUT2D eigenvalue weighted by Gasteiger charge is -2.23. The van der Waals surface area contributed by atoms with Crippen LogP contribution in [0, 0.1) is 5.92 Å². The molecule has 2 fully saturated rings. The van der Waals surface area contributed by atoms with Gasteiger partial charge in [-0.15, -0.1) is 0 Å². The van der Waals surface area contributed by atoms with Gasteiger partial charge in [-0.05, 0) is 50.7 Å². The molecule has 106 valence electrons. The van der Waals surface area contributed by atoms with Crippen LogP contribution in [0.3, 0.4) is 0 Å². The van der Waals surface area contributed by atoms with E-state index < -0.39 is 8.32 Å². The van der Waals surface area contributed by atoms with Gasteiger partial charge in [-0.3, -0.25) is 0 Å². The third-order valence-corrected chi connectivity index (χ3v) is 6.99. The summed E-state index contributed by atoms with van der Waals surface area (Å²) < 4.78 is 11.6. The molecule has 0 amide bonds. The summed E-state index contributed by atoms with van der Waals surface area (Å²) in [4.78, 5) is 0. The Morgan fingerprint density at radius 3 is 2.72 bits per heavy atom. The molecule has 3 heteroatoms. The number of epoxide rings is 1. The van der Waals surface area contributed by atoms with Crippen molar-refractivity contribution in [3.05, 3.63) is 0 Å². The molecule has 1 aliphatic carbocycles. The average molecular weight is 270 g/mol. The Hall–Kier alpha value is 0.137. The highest BCUT2D eigenvalue weighted by atomic mass is 28.4. The summed E-state index contributed by atoms with van der Waals surface area (Å²) in [6, 6.07) is 1.34. The van der Waals surface area contributed by atoms with Gasteiger partial charge in [0, 0.05) is 6.61 Å². The van der Waals surface area contributed by atoms with Crippen LogP contribution in [-0.4, -0.2) is 27.1 Å². The predicted molar refractivity (Wildman–Crippen MR) is 78.4 cm³/mol. The van der Waals surface area contributed by atoms with Gasteiger partial charge < -0.3 is 9.16 Å². The minimum Gasteiger partial charge on any atom is -0.417 e. The van der Waals surface area contributed by atoms with Gasteiger partial charge in [-0.2, -0.15) is 0 Å². The molecule has 1 saturated heterocycles. The number of hydrogen-bond donors (Lipinski definition) is 0. The van der Waals surface area contributed by atoms with Crippen LogP contribution in [0.4, 0.5) is 0 Å². The molecule has 1 aliphatic heterocycles. The molecule has 0 aromatic carbocycles. The number of hydrogen-bond acceptors (Lipinski definition) is 2. The van der Waals surface area contributed by atoms with Gasteiger partial charge >= 0.3 is 0 Å². The topological polar surface area (TPSA) is 21.8 Å². The Balaban J connectivity index is 1.52. The molecule has 2 aliphatic rings. The molecule has 0 radical (unpaired) electrons. The van der Waals surface area contributed by atoms with Crippen molar-refractivity contribution in [3.63, 3.8) is 0 Å². The highest BCUT2D eigenvalue weighted by Gasteiger charge is 2.43. The quantitative estimate of drug-likeness (QED) is 0.371. The SMILES string of the molecule is CCCO[Si](C)(C)CCCCC1CCC2OC2C1. The van der Waals surface area contributed by atoms with E-state index in [1.807, 2.05) is 0 Å². The van der Waals surface area contributed by atoms with E-state index in [4.69, 9.17) is 9.16 Å². The van der Waals surface area contributed by atoms with Crippen LogP contribution < -0.4 is 0 Å². The Bertz CT molecular complexity index is 255. The fourth-order valence-electron chi connectivity index (χ4n) is 3.18. The van der Waals surface area contributed by atoms with Crippen molar-refractivity contribution >= 4 is 8.32 Å². The van der Waals surface area contributed by atoms with E-state index in [-0.39, 0.29) is 0 Å². The molecule has 2 nitrogen and oxygen atoms in total. The molecule has 0 bridgehead atoms. The van der Waals surface area contributed by atoms with Crippen LogP contribution in [-0.2, 0) is 9.16 Å². The molecule has 3 atom stereocenters. The smallest absolute Gasteiger partial charge is 0.186 e. The third kappa shape index (κ3) is 4.67. The second kappa shape index (κ2) is 6.53. The summed E-state index contributed by atoms with van der Waals surface area (Å²) in [6.45, 7) is 7.89. The van der Waals surface area contributed by atoms with Crippen molar-refractivity contribution in [2.75, 3.05) is 6.61 Å². The van der Waals surface area contributed by atoms with Crippen molar-refractivity contribution in [1.29, 1.82) is 0 Å². The zero-order valence-corrected chi connectivity index (χ0v) is 13.4. The maximum atomic E-state index is 6.01. The van der Waals surface area contributed by atoms with Crippen molar-refractivity contribution in [2.45, 2.75) is 83.2 Å². The van der Waals surface area contributed by atoms with Gasteiger partial charge in [0.25, 0.3) is 0 Å². The summed E-state index contributed by atoms with van der Waals surface area (Å²) in [5.74, 6) is 0.954. The normalized spacial score (nSPS) is 31.2. The van der Waals surface area contributed by atoms with E-state index in [0.29, 0.717) is 12.2 Å². The first kappa shape index (κ1) is 14.5. The summed E-state index contributed by atoms with van der Waals surface area (Å²) in [6.07, 6.45) is 10.7. The molecule has 3 unspecified atom stereocenters. The molecular weight excluding hydrogens is 240 g/mol. The van der Waals surface area contributed by atoms with Gasteiger partial charge in [0.2, 0.25) is 0 Å². The molecule has 1 heterocycles. The number of ether oxygens (including phenoxy) is 1. The summed E-state index contributed by atoms with van der Waals surface area (Å²) in [7, 11) is -1.34. The fraction of sp³-hybridized carbons (Fsp3) is 1.00. The van der Waals surface area contributed by atoms with Crippen molar-refractivity contribution in [3.8, 4) is 0 Å². The van der Waals surface area contributed by atoms with Crippen LogP contribution in [0.2, 0.25) is 19.1 Å². The monoisotopic (exact) mass is 270 g/mol. The Morgan fingerprint density at radius 2 is 2.00 bits per heavy atom. The summed E-state index contributed by atoms with van der Waals surface area (Å²) >= 11 is 0. The van der Waals surface area contributed by atoms with Gasteiger partial charge in [-0.25, -0.2) is 0 Å². The largest absolute Gasteiger partial charge is 0.417 e. The van der Waals surface area contributed by atoms with E-state index >= 15 is 0 Å². The van der Waals surface area contributed by atoms with E-state index in [9.17, 15) is 0 Å². The second-order valence-electron chi connectivity index (χ2n) is 6.75. The highest BCUT2D eigenvalue weighted by Crippen LogP contribution is 2.41. The molecule has 0 aromatic rings. The lowest BCUT2D eigenvalue weighted by Crippen LogP contribution is -2.30. The van der Waals surface area contributed by atoms with Crippen LogP contribution in [0.5, 0.6) is 0 Å². The second-order valence-corrected chi connectivity index (χ2v) is 11.1. The fourth-order valence-corrected chi connectivity index (χ4v) is 5.19. The maximum Gasteiger partial charge on any atom is 0.186 e. The van der Waals surface area contributed by atoms with Gasteiger partial charge in [0.1, 0.15) is 0 Å². The van der Waals surface area contributed by atoms with E-state index in [1.165, 1.54) is 44.6 Å². The Labute approximate surface area is 114 Å². The molecule has 0 aromatic heterocycles. The van der Waals surface area contributed by atoms with Crippen LogP contribution in [0.1, 0.15) is 51.9 Å². The Morgan fingerprint density at radius 1 is 1.17 bits per heavy atom. The molecule has 0 spiro atoms. The van der Waals surface area contributed by atoms with Gasteiger partial charge in [0.15, 0.2) is 8.32 Å². The first-order chi connectivity index (χ1) is 8.61. The number of fused-ring (bicyclic) bond motifs is 1. The van der Waals surface area contributed by atoms with Gasteiger partial charge in [0.05, 0.1) is 12.2 Å². The Kier molecular flexibility index (Phi) is 5.28. The molecule has 1 saturated carbocycles. The lowest BCUT2D eigenvalue weighted by atomic mass is 9.86. The highest BCUT2D eigenvalue weighted by molar-refractivity contribution is 6.71. The summed E-state index contributed by atoms with van der Waals surface area (Å²) in [5, 5.41) is 0. The average Bonchev–Trinajstić information content (AvgIpc) is 3.10. The van der Waals surface area contributed by atoms with Crippen molar-refractivity contribution in [2.24, 2.45) is 5.92 Å². The summed E-state index contributed by atoms with van der Waals surface area (Å²) in [5.41, 5.74) is 0. The van der Waals surface area contributed by atoms with Crippen LogP contribution >= 0.6 is 0 Å².